The molecule has 1 aromatic heterocycles. The van der Waals surface area contributed by atoms with E-state index < -0.39 is 0 Å². The van der Waals surface area contributed by atoms with Crippen molar-refractivity contribution in [3.05, 3.63) is 24.3 Å². The molecule has 0 spiro atoms. The number of nitrogens with zero attached hydrogens (tertiary/aromatic N) is 4. The fourth-order valence-corrected chi connectivity index (χ4v) is 4.29. The Bertz CT molecular complexity index is 739. The standard InChI is InChI=1S/C19H27N5OS/c1-4-24(5-2)15-11-9-14(10-12-15)17-21-22-19(23(17)3)26-16-8-6-7-13-20-18(16)25/h9-12,16H,4-8,13H2,1-3H3,(H,20,25)/t16-/m0/s1. The zero-order chi connectivity index (χ0) is 18.5. The van der Waals surface area contributed by atoms with Gasteiger partial charge in [0.1, 0.15) is 0 Å². The third-order valence-electron chi connectivity index (χ3n) is 4.82. The van der Waals surface area contributed by atoms with Crippen LogP contribution in [0.3, 0.4) is 0 Å². The fraction of sp³-hybridized carbons (Fsp3) is 0.526. The van der Waals surface area contributed by atoms with Crippen LogP contribution in [0.25, 0.3) is 11.4 Å². The van der Waals surface area contributed by atoms with Crippen molar-refractivity contribution in [1.29, 1.82) is 0 Å². The first-order valence-electron chi connectivity index (χ1n) is 9.33. The molecule has 26 heavy (non-hydrogen) atoms. The molecule has 1 atom stereocenters. The van der Waals surface area contributed by atoms with Gasteiger partial charge in [-0.25, -0.2) is 0 Å². The number of hydrogen-bond acceptors (Lipinski definition) is 5. The Morgan fingerprint density at radius 1 is 1.19 bits per heavy atom. The summed E-state index contributed by atoms with van der Waals surface area (Å²) in [5, 5.41) is 12.4. The van der Waals surface area contributed by atoms with Crippen molar-refractivity contribution in [2.45, 2.75) is 43.5 Å². The maximum absolute atomic E-state index is 12.2. The van der Waals surface area contributed by atoms with Crippen LogP contribution in [-0.4, -0.2) is 45.6 Å². The third kappa shape index (κ3) is 4.03. The summed E-state index contributed by atoms with van der Waals surface area (Å²) in [6.45, 7) is 7.08. The van der Waals surface area contributed by atoms with Crippen molar-refractivity contribution in [1.82, 2.24) is 20.1 Å². The van der Waals surface area contributed by atoms with Crippen molar-refractivity contribution in [2.75, 3.05) is 24.5 Å². The van der Waals surface area contributed by atoms with E-state index in [2.05, 4.69) is 58.5 Å². The third-order valence-corrected chi connectivity index (χ3v) is 6.12. The van der Waals surface area contributed by atoms with Gasteiger partial charge in [0.05, 0.1) is 5.25 Å². The van der Waals surface area contributed by atoms with Gasteiger partial charge in [-0.3, -0.25) is 4.79 Å². The average Bonchev–Trinajstić information content (AvgIpc) is 2.89. The number of benzene rings is 1. The summed E-state index contributed by atoms with van der Waals surface area (Å²) in [7, 11) is 1.96. The number of rotatable bonds is 6. The van der Waals surface area contributed by atoms with Gasteiger partial charge >= 0.3 is 0 Å². The highest BCUT2D eigenvalue weighted by atomic mass is 32.2. The molecule has 1 amide bonds. The fourth-order valence-electron chi connectivity index (χ4n) is 3.23. The number of thioether (sulfide) groups is 1. The summed E-state index contributed by atoms with van der Waals surface area (Å²) in [5.41, 5.74) is 2.25. The van der Waals surface area contributed by atoms with E-state index in [4.69, 9.17) is 0 Å². The lowest BCUT2D eigenvalue weighted by Gasteiger charge is -2.21. The maximum Gasteiger partial charge on any atom is 0.233 e. The lowest BCUT2D eigenvalue weighted by Crippen LogP contribution is -2.30. The number of amides is 1. The van der Waals surface area contributed by atoms with Gasteiger partial charge in [0.25, 0.3) is 0 Å². The Morgan fingerprint density at radius 2 is 1.92 bits per heavy atom. The molecule has 2 heterocycles. The van der Waals surface area contributed by atoms with Gasteiger partial charge in [-0.05, 0) is 51.0 Å². The highest BCUT2D eigenvalue weighted by molar-refractivity contribution is 8.00. The van der Waals surface area contributed by atoms with Crippen molar-refractivity contribution in [2.24, 2.45) is 7.05 Å². The number of carbonyl (C=O) groups excluding carboxylic acids is 1. The summed E-state index contributed by atoms with van der Waals surface area (Å²) < 4.78 is 1.98. The molecule has 1 fully saturated rings. The van der Waals surface area contributed by atoms with Crippen LogP contribution in [-0.2, 0) is 11.8 Å². The van der Waals surface area contributed by atoms with Crippen LogP contribution in [0.1, 0.15) is 33.1 Å². The van der Waals surface area contributed by atoms with Crippen LogP contribution in [0.2, 0.25) is 0 Å². The van der Waals surface area contributed by atoms with Gasteiger partial charge in [-0.15, -0.1) is 10.2 Å². The molecule has 1 aliphatic rings. The highest BCUT2D eigenvalue weighted by Gasteiger charge is 2.24. The molecule has 1 aromatic carbocycles. The quantitative estimate of drug-likeness (QED) is 0.843. The second-order valence-corrected chi connectivity index (χ2v) is 7.65. The van der Waals surface area contributed by atoms with Crippen LogP contribution in [0.4, 0.5) is 5.69 Å². The van der Waals surface area contributed by atoms with Gasteiger partial charge < -0.3 is 14.8 Å². The van der Waals surface area contributed by atoms with Crippen molar-refractivity contribution in [3.63, 3.8) is 0 Å². The van der Waals surface area contributed by atoms with E-state index in [9.17, 15) is 4.79 Å². The largest absolute Gasteiger partial charge is 0.372 e. The van der Waals surface area contributed by atoms with E-state index in [-0.39, 0.29) is 11.2 Å². The second kappa shape index (κ2) is 8.58. The first-order valence-corrected chi connectivity index (χ1v) is 10.2. The van der Waals surface area contributed by atoms with Crippen LogP contribution >= 0.6 is 11.8 Å². The molecule has 0 unspecified atom stereocenters. The maximum atomic E-state index is 12.2. The monoisotopic (exact) mass is 373 g/mol. The molecule has 1 N–H and O–H groups in total. The molecule has 3 rings (SSSR count). The molecular weight excluding hydrogens is 346 g/mol. The lowest BCUT2D eigenvalue weighted by molar-refractivity contribution is -0.120. The minimum absolute atomic E-state index is 0.0849. The molecule has 0 saturated carbocycles. The molecule has 0 aliphatic carbocycles. The predicted octanol–water partition coefficient (Wildman–Crippen LogP) is 3.09. The summed E-state index contributed by atoms with van der Waals surface area (Å²) in [5.74, 6) is 0.938. The topological polar surface area (TPSA) is 63.1 Å². The Hall–Kier alpha value is -2.02. The minimum atomic E-state index is -0.0849. The van der Waals surface area contributed by atoms with E-state index in [1.165, 1.54) is 17.4 Å². The number of hydrogen-bond donors (Lipinski definition) is 1. The second-order valence-electron chi connectivity index (χ2n) is 6.48. The van der Waals surface area contributed by atoms with Crippen LogP contribution in [0, 0.1) is 0 Å². The first kappa shape index (κ1) is 18.8. The lowest BCUT2D eigenvalue weighted by atomic mass is 10.2. The van der Waals surface area contributed by atoms with E-state index in [1.807, 2.05) is 11.6 Å². The number of nitrogens with one attached hydrogen (secondary N) is 1. The molecule has 1 saturated heterocycles. The molecule has 1 aliphatic heterocycles. The van der Waals surface area contributed by atoms with Gasteiger partial charge in [-0.2, -0.15) is 0 Å². The molecule has 6 nitrogen and oxygen atoms in total. The molecular formula is C19H27N5OS. The van der Waals surface area contributed by atoms with Gasteiger partial charge in [0.2, 0.25) is 5.91 Å². The van der Waals surface area contributed by atoms with E-state index >= 15 is 0 Å². The van der Waals surface area contributed by atoms with Gasteiger partial charge in [0.15, 0.2) is 11.0 Å². The van der Waals surface area contributed by atoms with E-state index in [1.54, 1.807) is 0 Å². The van der Waals surface area contributed by atoms with Crippen LogP contribution in [0.5, 0.6) is 0 Å². The van der Waals surface area contributed by atoms with Crippen LogP contribution < -0.4 is 10.2 Å². The summed E-state index contributed by atoms with van der Waals surface area (Å²) in [6, 6.07) is 8.43. The molecule has 7 heteroatoms. The molecule has 0 bridgehead atoms. The smallest absolute Gasteiger partial charge is 0.233 e. The Kier molecular flexibility index (Phi) is 6.19. The predicted molar refractivity (Wildman–Crippen MR) is 107 cm³/mol. The SMILES string of the molecule is CCN(CC)c1ccc(-c2nnc(S[C@H]3CCCCNC3=O)n2C)cc1. The van der Waals surface area contributed by atoms with Crippen molar-refractivity contribution >= 4 is 23.4 Å². The zero-order valence-electron chi connectivity index (χ0n) is 15.7. The summed E-state index contributed by atoms with van der Waals surface area (Å²) in [6.07, 6.45) is 3.00. The van der Waals surface area contributed by atoms with Crippen LogP contribution in [0.15, 0.2) is 29.4 Å². The molecule has 2 aromatic rings. The van der Waals surface area contributed by atoms with Gasteiger partial charge in [-0.1, -0.05) is 18.2 Å². The number of anilines is 1. The molecule has 140 valence electrons. The Labute approximate surface area is 159 Å². The normalized spacial score (nSPS) is 17.7. The van der Waals surface area contributed by atoms with E-state index in [0.29, 0.717) is 0 Å². The summed E-state index contributed by atoms with van der Waals surface area (Å²) >= 11 is 1.51. The Morgan fingerprint density at radius 3 is 2.62 bits per heavy atom. The first-order chi connectivity index (χ1) is 12.6. The van der Waals surface area contributed by atoms with E-state index in [0.717, 1.165) is 55.4 Å². The number of aromatic nitrogens is 3. The zero-order valence-corrected chi connectivity index (χ0v) is 16.6. The van der Waals surface area contributed by atoms with Gasteiger partial charge in [0, 0.05) is 37.9 Å². The van der Waals surface area contributed by atoms with Crippen molar-refractivity contribution < 1.29 is 4.79 Å². The highest BCUT2D eigenvalue weighted by Crippen LogP contribution is 2.29. The average molecular weight is 374 g/mol. The number of carbonyl (C=O) groups is 1. The molecule has 0 radical (unpaired) electrons. The van der Waals surface area contributed by atoms with Crippen molar-refractivity contribution in [3.8, 4) is 11.4 Å². The minimum Gasteiger partial charge on any atom is -0.372 e. The summed E-state index contributed by atoms with van der Waals surface area (Å²) in [4.78, 5) is 14.5. The Balaban J connectivity index is 1.77.